The zero-order valence-electron chi connectivity index (χ0n) is 18.8. The summed E-state index contributed by atoms with van der Waals surface area (Å²) in [6, 6.07) is 7.32. The van der Waals surface area contributed by atoms with Gasteiger partial charge >= 0.3 is 6.61 Å². The Morgan fingerprint density at radius 3 is 2.21 bits per heavy atom. The zero-order valence-corrected chi connectivity index (χ0v) is 18.8. The number of carbonyl (C=O) groups is 1. The second-order valence-electron chi connectivity index (χ2n) is 7.42. The van der Waals surface area contributed by atoms with Crippen molar-refractivity contribution in [1.29, 1.82) is 0 Å². The van der Waals surface area contributed by atoms with Gasteiger partial charge in [-0.25, -0.2) is 4.39 Å². The molecular formula is C24H27F3N2O4. The predicted octanol–water partition coefficient (Wildman–Crippen LogP) is 4.48. The smallest absolute Gasteiger partial charge is 0.387 e. The van der Waals surface area contributed by atoms with E-state index in [1.54, 1.807) is 12.1 Å². The quantitative estimate of drug-likeness (QED) is 0.403. The van der Waals surface area contributed by atoms with E-state index in [0.717, 1.165) is 32.7 Å². The van der Waals surface area contributed by atoms with Crippen molar-refractivity contribution in [3.05, 3.63) is 53.4 Å². The van der Waals surface area contributed by atoms with E-state index in [9.17, 15) is 18.0 Å². The number of benzene rings is 2. The number of hydrogen-bond acceptors (Lipinski definition) is 6. The van der Waals surface area contributed by atoms with Crippen LogP contribution >= 0.6 is 0 Å². The Morgan fingerprint density at radius 1 is 1.06 bits per heavy atom. The third kappa shape index (κ3) is 5.98. The topological polar surface area (TPSA) is 51.2 Å². The molecule has 0 aromatic heterocycles. The molecule has 0 radical (unpaired) electrons. The summed E-state index contributed by atoms with van der Waals surface area (Å²) in [7, 11) is 2.61. The summed E-state index contributed by atoms with van der Waals surface area (Å²) < 4.78 is 54.8. The number of anilines is 1. The van der Waals surface area contributed by atoms with E-state index in [0.29, 0.717) is 11.3 Å². The fourth-order valence-corrected chi connectivity index (χ4v) is 3.69. The van der Waals surface area contributed by atoms with Crippen LogP contribution in [0.3, 0.4) is 0 Å². The lowest BCUT2D eigenvalue weighted by Gasteiger charge is -2.35. The van der Waals surface area contributed by atoms with E-state index in [2.05, 4.69) is 16.6 Å². The zero-order chi connectivity index (χ0) is 24.0. The van der Waals surface area contributed by atoms with E-state index >= 15 is 0 Å². The van der Waals surface area contributed by atoms with Crippen molar-refractivity contribution in [3.8, 4) is 17.2 Å². The monoisotopic (exact) mass is 464 g/mol. The highest BCUT2D eigenvalue weighted by Gasteiger charge is 2.20. The first kappa shape index (κ1) is 24.4. The highest BCUT2D eigenvalue weighted by molar-refractivity contribution is 6.07. The molecule has 0 spiro atoms. The highest BCUT2D eigenvalue weighted by atomic mass is 19.3. The first-order valence-electron chi connectivity index (χ1n) is 10.6. The fourth-order valence-electron chi connectivity index (χ4n) is 3.69. The molecule has 6 nitrogen and oxygen atoms in total. The molecule has 1 aliphatic heterocycles. The molecule has 1 fully saturated rings. The molecule has 3 rings (SSSR count). The van der Waals surface area contributed by atoms with Crippen molar-refractivity contribution in [1.82, 2.24) is 4.90 Å². The number of halogens is 3. The van der Waals surface area contributed by atoms with E-state index < -0.39 is 18.2 Å². The molecule has 0 atom stereocenters. The lowest BCUT2D eigenvalue weighted by atomic mass is 10.1. The van der Waals surface area contributed by atoms with Crippen LogP contribution in [-0.2, 0) is 0 Å². The summed E-state index contributed by atoms with van der Waals surface area (Å²) in [5.74, 6) is -1.03. The van der Waals surface area contributed by atoms with Crippen molar-refractivity contribution < 1.29 is 32.2 Å². The minimum absolute atomic E-state index is 0.0281. The number of rotatable bonds is 9. The van der Waals surface area contributed by atoms with Crippen molar-refractivity contribution in [2.75, 3.05) is 51.8 Å². The van der Waals surface area contributed by atoms with E-state index in [4.69, 9.17) is 9.47 Å². The van der Waals surface area contributed by atoms with Gasteiger partial charge in [-0.3, -0.25) is 4.79 Å². The van der Waals surface area contributed by atoms with Crippen LogP contribution in [0.2, 0.25) is 0 Å². The Balaban J connectivity index is 1.76. The van der Waals surface area contributed by atoms with Crippen LogP contribution in [0.15, 0.2) is 36.4 Å². The van der Waals surface area contributed by atoms with Gasteiger partial charge in [-0.2, -0.15) is 8.78 Å². The summed E-state index contributed by atoms with van der Waals surface area (Å²) in [5.41, 5.74) is 1.15. The Bertz CT molecular complexity index is 980. The Kier molecular flexibility index (Phi) is 8.21. The van der Waals surface area contributed by atoms with Crippen LogP contribution in [0, 0.1) is 5.82 Å². The first-order chi connectivity index (χ1) is 15.9. The summed E-state index contributed by atoms with van der Waals surface area (Å²) in [6.45, 7) is 3.21. The molecule has 0 N–H and O–H groups in total. The molecular weight excluding hydrogens is 437 g/mol. The molecule has 33 heavy (non-hydrogen) atoms. The summed E-state index contributed by atoms with van der Waals surface area (Å²) in [6.07, 6.45) is 2.74. The number of nitrogens with zero attached hydrogens (tertiary/aromatic N) is 2. The van der Waals surface area contributed by atoms with E-state index in [1.807, 2.05) is 4.90 Å². The molecule has 0 unspecified atom stereocenters. The molecule has 178 valence electrons. The summed E-state index contributed by atoms with van der Waals surface area (Å²) >= 11 is 0. The number of likely N-dealkylation sites (N-methyl/N-ethyl adjacent to an activating group) is 1. The van der Waals surface area contributed by atoms with Crippen molar-refractivity contribution in [2.45, 2.75) is 13.5 Å². The molecule has 2 aromatic carbocycles. The van der Waals surface area contributed by atoms with Gasteiger partial charge in [-0.05, 0) is 48.5 Å². The summed E-state index contributed by atoms with van der Waals surface area (Å²) in [5, 5.41) is 0. The number of ether oxygens (including phenoxy) is 3. The Morgan fingerprint density at radius 2 is 1.70 bits per heavy atom. The largest absolute Gasteiger partial charge is 0.493 e. The average Bonchev–Trinajstić information content (AvgIpc) is 2.82. The van der Waals surface area contributed by atoms with Gasteiger partial charge in [-0.1, -0.05) is 13.0 Å². The van der Waals surface area contributed by atoms with Crippen molar-refractivity contribution >= 4 is 17.5 Å². The molecule has 0 amide bonds. The number of allylic oxidation sites excluding steroid dienone is 1. The SMILES string of the molecule is CCN1CCN(c2ccc(C(=O)C=Cc3cc(OC)c(OC(F)F)c(OC)c3)cc2F)CC1. The molecule has 1 saturated heterocycles. The lowest BCUT2D eigenvalue weighted by molar-refractivity contribution is -0.0526. The van der Waals surface area contributed by atoms with Crippen LogP contribution < -0.4 is 19.1 Å². The second-order valence-corrected chi connectivity index (χ2v) is 7.42. The van der Waals surface area contributed by atoms with E-state index in [1.165, 1.54) is 44.6 Å². The minimum atomic E-state index is -3.05. The maximum absolute atomic E-state index is 14.7. The first-order valence-corrected chi connectivity index (χ1v) is 10.6. The average molecular weight is 464 g/mol. The number of hydrogen-bond donors (Lipinski definition) is 0. The Hall–Kier alpha value is -3.20. The van der Waals surface area contributed by atoms with Crippen LogP contribution in [0.25, 0.3) is 6.08 Å². The second kappa shape index (κ2) is 11.1. The molecule has 0 bridgehead atoms. The number of alkyl halides is 2. The van der Waals surface area contributed by atoms with Gasteiger partial charge in [0.1, 0.15) is 5.82 Å². The standard InChI is InChI=1S/C24H27F3N2O4/c1-4-28-9-11-29(12-10-28)19-7-6-17(15-18(19)25)20(30)8-5-16-13-21(31-2)23(33-24(26)27)22(14-16)32-3/h5-8,13-15,24H,4,9-12H2,1-3H3. The van der Waals surface area contributed by atoms with Gasteiger partial charge in [-0.15, -0.1) is 0 Å². The van der Waals surface area contributed by atoms with Crippen molar-refractivity contribution in [3.63, 3.8) is 0 Å². The highest BCUT2D eigenvalue weighted by Crippen LogP contribution is 2.39. The van der Waals surface area contributed by atoms with Gasteiger partial charge in [0, 0.05) is 31.7 Å². The molecule has 1 heterocycles. The van der Waals surface area contributed by atoms with Gasteiger partial charge in [0.05, 0.1) is 19.9 Å². The number of piperazine rings is 1. The predicted molar refractivity (Wildman–Crippen MR) is 120 cm³/mol. The van der Waals surface area contributed by atoms with Gasteiger partial charge in [0.2, 0.25) is 5.75 Å². The maximum Gasteiger partial charge on any atom is 0.387 e. The van der Waals surface area contributed by atoms with Crippen LogP contribution in [-0.4, -0.2) is 64.2 Å². The lowest BCUT2D eigenvalue weighted by Crippen LogP contribution is -2.46. The van der Waals surface area contributed by atoms with E-state index in [-0.39, 0.29) is 22.8 Å². The summed E-state index contributed by atoms with van der Waals surface area (Å²) in [4.78, 5) is 16.9. The maximum atomic E-state index is 14.7. The van der Waals surface area contributed by atoms with Crippen LogP contribution in [0.4, 0.5) is 18.9 Å². The van der Waals surface area contributed by atoms with Crippen LogP contribution in [0.5, 0.6) is 17.2 Å². The normalized spacial score (nSPS) is 14.7. The van der Waals surface area contributed by atoms with Gasteiger partial charge < -0.3 is 24.0 Å². The fraction of sp³-hybridized carbons (Fsp3) is 0.375. The third-order valence-electron chi connectivity index (χ3n) is 5.51. The molecule has 9 heteroatoms. The number of methoxy groups -OCH3 is 2. The van der Waals surface area contributed by atoms with Gasteiger partial charge in [0.15, 0.2) is 17.3 Å². The molecule has 1 aliphatic rings. The number of carbonyl (C=O) groups excluding carboxylic acids is 1. The Labute approximate surface area is 191 Å². The number of ketones is 1. The molecule has 0 saturated carbocycles. The molecule has 0 aliphatic carbocycles. The van der Waals surface area contributed by atoms with Crippen LogP contribution in [0.1, 0.15) is 22.8 Å². The third-order valence-corrected chi connectivity index (χ3v) is 5.51. The van der Waals surface area contributed by atoms with Crippen molar-refractivity contribution in [2.24, 2.45) is 0 Å². The minimum Gasteiger partial charge on any atom is -0.493 e. The molecule has 2 aromatic rings. The van der Waals surface area contributed by atoms with Gasteiger partial charge in [0.25, 0.3) is 0 Å².